The Balaban J connectivity index is 1.91. The van der Waals surface area contributed by atoms with Crippen LogP contribution in [0.1, 0.15) is 39.0 Å². The molecule has 0 aromatic carbocycles. The largest absolute Gasteiger partial charge is 0.387 e. The Morgan fingerprint density at radius 2 is 2.38 bits per heavy atom. The fourth-order valence-electron chi connectivity index (χ4n) is 1.67. The predicted molar refractivity (Wildman–Crippen MR) is 77.7 cm³/mol. The first-order valence-electron chi connectivity index (χ1n) is 6.14. The Bertz CT molecular complexity index is 201. The summed E-state index contributed by atoms with van der Waals surface area (Å²) in [5, 5.41) is 4.19. The predicted octanol–water partition coefficient (Wildman–Crippen LogP) is 3.15. The van der Waals surface area contributed by atoms with Crippen LogP contribution in [0.4, 0.5) is 0 Å². The Morgan fingerprint density at radius 3 is 3.00 bits per heavy atom. The highest BCUT2D eigenvalue weighted by Crippen LogP contribution is 2.39. The van der Waals surface area contributed by atoms with E-state index in [4.69, 9.17) is 5.73 Å². The van der Waals surface area contributed by atoms with E-state index in [1.54, 1.807) is 0 Å². The summed E-state index contributed by atoms with van der Waals surface area (Å²) in [6.07, 6.45) is 6.46. The zero-order chi connectivity index (χ0) is 11.8. The van der Waals surface area contributed by atoms with E-state index >= 15 is 0 Å². The zero-order valence-electron chi connectivity index (χ0n) is 10.2. The van der Waals surface area contributed by atoms with E-state index in [0.717, 1.165) is 23.9 Å². The van der Waals surface area contributed by atoms with Gasteiger partial charge in [-0.3, -0.25) is 0 Å². The molecule has 1 aliphatic rings. The zero-order valence-corrected chi connectivity index (χ0v) is 11.8. The third-order valence-corrected chi connectivity index (χ3v) is 5.66. The second kappa shape index (κ2) is 8.31. The maximum Gasteiger partial charge on any atom is 0.0293 e. The minimum atomic E-state index is 0.212. The first-order valence-corrected chi connectivity index (χ1v) is 8.52. The van der Waals surface area contributed by atoms with Gasteiger partial charge in [-0.25, -0.2) is 0 Å². The van der Waals surface area contributed by atoms with Crippen molar-refractivity contribution in [2.24, 2.45) is 5.73 Å². The molecule has 0 saturated carbocycles. The minimum absolute atomic E-state index is 0.212. The van der Waals surface area contributed by atoms with Gasteiger partial charge in [0.05, 0.1) is 0 Å². The van der Waals surface area contributed by atoms with E-state index in [-0.39, 0.29) is 6.04 Å². The average Bonchev–Trinajstić information content (AvgIpc) is 2.74. The fraction of sp³-hybridized carbons (Fsp3) is 0.833. The molecule has 1 saturated heterocycles. The Morgan fingerprint density at radius 1 is 1.56 bits per heavy atom. The van der Waals surface area contributed by atoms with Crippen LogP contribution in [0.25, 0.3) is 0 Å². The van der Waals surface area contributed by atoms with Gasteiger partial charge in [0.15, 0.2) is 0 Å². The molecule has 0 aliphatic carbocycles. The van der Waals surface area contributed by atoms with Crippen LogP contribution in [-0.2, 0) is 0 Å². The van der Waals surface area contributed by atoms with Crippen molar-refractivity contribution in [3.63, 3.8) is 0 Å². The van der Waals surface area contributed by atoms with Gasteiger partial charge in [-0.05, 0) is 32.6 Å². The summed E-state index contributed by atoms with van der Waals surface area (Å²) in [7, 11) is 4.11. The summed E-state index contributed by atoms with van der Waals surface area (Å²) in [4.78, 5) is 0. The number of nitrogens with two attached hydrogens (primary N) is 1. The van der Waals surface area contributed by atoms with Crippen molar-refractivity contribution >= 4 is 21.6 Å². The van der Waals surface area contributed by atoms with E-state index in [2.05, 4.69) is 22.7 Å². The smallest absolute Gasteiger partial charge is 0.0293 e. The van der Waals surface area contributed by atoms with Gasteiger partial charge in [0.2, 0.25) is 0 Å². The Hall–Kier alpha value is 0.200. The fourth-order valence-corrected chi connectivity index (χ4v) is 4.70. The number of allylic oxidation sites excluding steroid dienone is 1. The first kappa shape index (κ1) is 14.3. The number of hydrogen-bond acceptors (Lipinski definition) is 4. The van der Waals surface area contributed by atoms with Crippen LogP contribution >= 0.6 is 21.6 Å². The van der Waals surface area contributed by atoms with E-state index in [1.807, 2.05) is 17.7 Å². The summed E-state index contributed by atoms with van der Waals surface area (Å²) < 4.78 is 0. The summed E-state index contributed by atoms with van der Waals surface area (Å²) in [5.41, 5.74) is 6.81. The van der Waals surface area contributed by atoms with Crippen LogP contribution in [0, 0.1) is 0 Å². The number of unbranched alkanes of at least 4 members (excludes halogenated alkanes) is 1. The third kappa shape index (κ3) is 6.71. The van der Waals surface area contributed by atoms with Crippen LogP contribution in [0.15, 0.2) is 12.3 Å². The standard InChI is InChI=1S/C12H24N2S2/c1-10(13)9-14-11(2)5-3-4-6-12-7-8-15-16-12/h10,12,14H,2-9,13H2,1H3. The highest BCUT2D eigenvalue weighted by Gasteiger charge is 2.15. The van der Waals surface area contributed by atoms with Crippen molar-refractivity contribution in [1.82, 2.24) is 5.32 Å². The molecular formula is C12H24N2S2. The van der Waals surface area contributed by atoms with Gasteiger partial charge in [0, 0.05) is 29.3 Å². The Kier molecular flexibility index (Phi) is 7.41. The van der Waals surface area contributed by atoms with Crippen LogP contribution in [-0.4, -0.2) is 23.6 Å². The highest BCUT2D eigenvalue weighted by atomic mass is 33.1. The molecule has 1 fully saturated rings. The van der Waals surface area contributed by atoms with Crippen LogP contribution in [0.3, 0.4) is 0 Å². The van der Waals surface area contributed by atoms with Gasteiger partial charge in [0.1, 0.15) is 0 Å². The molecule has 0 spiro atoms. The Labute approximate surface area is 108 Å². The van der Waals surface area contributed by atoms with Crippen LogP contribution in [0.2, 0.25) is 0 Å². The molecule has 2 unspecified atom stereocenters. The molecule has 0 bridgehead atoms. The number of hydrogen-bond donors (Lipinski definition) is 2. The molecule has 2 atom stereocenters. The molecule has 2 nitrogen and oxygen atoms in total. The molecule has 0 radical (unpaired) electrons. The molecule has 3 N–H and O–H groups in total. The quantitative estimate of drug-likeness (QED) is 0.519. The lowest BCUT2D eigenvalue weighted by molar-refractivity contribution is 0.607. The molecule has 4 heteroatoms. The van der Waals surface area contributed by atoms with Gasteiger partial charge in [-0.15, -0.1) is 0 Å². The molecule has 0 aromatic rings. The monoisotopic (exact) mass is 260 g/mol. The minimum Gasteiger partial charge on any atom is -0.387 e. The van der Waals surface area contributed by atoms with E-state index in [1.165, 1.54) is 31.4 Å². The molecule has 0 amide bonds. The third-order valence-electron chi connectivity index (χ3n) is 2.66. The molecule has 0 aromatic heterocycles. The lowest BCUT2D eigenvalue weighted by atomic mass is 10.1. The molecule has 1 aliphatic heterocycles. The molecular weight excluding hydrogens is 236 g/mol. The van der Waals surface area contributed by atoms with Gasteiger partial charge in [0.25, 0.3) is 0 Å². The van der Waals surface area contributed by atoms with Gasteiger partial charge < -0.3 is 11.1 Å². The highest BCUT2D eigenvalue weighted by molar-refractivity contribution is 8.77. The molecule has 1 heterocycles. The maximum atomic E-state index is 5.67. The first-order chi connectivity index (χ1) is 7.68. The van der Waals surface area contributed by atoms with Gasteiger partial charge in [-0.2, -0.15) is 0 Å². The van der Waals surface area contributed by atoms with Crippen molar-refractivity contribution in [2.75, 3.05) is 12.3 Å². The SMILES string of the molecule is C=C(CCCCC1CCSS1)NCC(C)N. The second-order valence-corrected chi connectivity index (χ2v) is 7.32. The lowest BCUT2D eigenvalue weighted by Gasteiger charge is -2.12. The summed E-state index contributed by atoms with van der Waals surface area (Å²) in [6.45, 7) is 6.87. The van der Waals surface area contributed by atoms with E-state index in [0.29, 0.717) is 0 Å². The summed E-state index contributed by atoms with van der Waals surface area (Å²) in [6, 6.07) is 0.212. The lowest BCUT2D eigenvalue weighted by Crippen LogP contribution is -2.30. The normalized spacial score (nSPS) is 22.0. The van der Waals surface area contributed by atoms with Crippen molar-refractivity contribution in [2.45, 2.75) is 50.3 Å². The summed E-state index contributed by atoms with van der Waals surface area (Å²) in [5.74, 6) is 1.35. The molecule has 1 rings (SSSR count). The number of nitrogens with one attached hydrogen (secondary N) is 1. The van der Waals surface area contributed by atoms with Crippen LogP contribution in [0.5, 0.6) is 0 Å². The van der Waals surface area contributed by atoms with Gasteiger partial charge in [-0.1, -0.05) is 34.6 Å². The van der Waals surface area contributed by atoms with E-state index in [9.17, 15) is 0 Å². The molecule has 16 heavy (non-hydrogen) atoms. The van der Waals surface area contributed by atoms with Gasteiger partial charge >= 0.3 is 0 Å². The average molecular weight is 260 g/mol. The second-order valence-electron chi connectivity index (χ2n) is 4.54. The van der Waals surface area contributed by atoms with Crippen molar-refractivity contribution in [3.8, 4) is 0 Å². The number of rotatable bonds is 8. The van der Waals surface area contributed by atoms with E-state index < -0.39 is 0 Å². The molecule has 94 valence electrons. The van der Waals surface area contributed by atoms with Crippen LogP contribution < -0.4 is 11.1 Å². The van der Waals surface area contributed by atoms with Crippen molar-refractivity contribution < 1.29 is 0 Å². The van der Waals surface area contributed by atoms with Crippen molar-refractivity contribution in [3.05, 3.63) is 12.3 Å². The van der Waals surface area contributed by atoms with Crippen molar-refractivity contribution in [1.29, 1.82) is 0 Å². The maximum absolute atomic E-state index is 5.67. The topological polar surface area (TPSA) is 38.0 Å². The summed E-state index contributed by atoms with van der Waals surface area (Å²) >= 11 is 0.